The molecule has 1 unspecified atom stereocenters. The van der Waals surface area contributed by atoms with Crippen LogP contribution < -0.4 is 0 Å². The maximum Gasteiger partial charge on any atom is 0.0575 e. The van der Waals surface area contributed by atoms with Crippen LogP contribution in [0.1, 0.15) is 30.1 Å². The summed E-state index contributed by atoms with van der Waals surface area (Å²) < 4.78 is 0. The zero-order valence-electron chi connectivity index (χ0n) is 11.7. The molecule has 2 heterocycles. The number of rotatable bonds is 4. The van der Waals surface area contributed by atoms with Gasteiger partial charge in [-0.3, -0.25) is 9.88 Å². The summed E-state index contributed by atoms with van der Waals surface area (Å²) in [4.78, 5) is 7.03. The third-order valence-electron chi connectivity index (χ3n) is 3.84. The predicted molar refractivity (Wildman–Crippen MR) is 83.3 cm³/mol. The van der Waals surface area contributed by atoms with Gasteiger partial charge in [-0.05, 0) is 37.1 Å². The highest BCUT2D eigenvalue weighted by molar-refractivity contribution is 5.48. The van der Waals surface area contributed by atoms with E-state index in [4.69, 9.17) is 0 Å². The molecule has 0 saturated carbocycles. The second-order valence-corrected chi connectivity index (χ2v) is 5.22. The van der Waals surface area contributed by atoms with Crippen LogP contribution in [0.4, 0.5) is 0 Å². The summed E-state index contributed by atoms with van der Waals surface area (Å²) in [5.74, 6) is 0. The molecule has 1 aromatic carbocycles. The molecule has 0 bridgehead atoms. The average Bonchev–Trinajstić information content (AvgIpc) is 2.98. The molecule has 2 nitrogen and oxygen atoms in total. The Morgan fingerprint density at radius 2 is 1.95 bits per heavy atom. The first-order chi connectivity index (χ1) is 9.93. The molecule has 1 aliphatic rings. The van der Waals surface area contributed by atoms with E-state index in [1.54, 1.807) is 0 Å². The van der Waals surface area contributed by atoms with E-state index in [2.05, 4.69) is 64.5 Å². The van der Waals surface area contributed by atoms with Crippen LogP contribution in [-0.2, 0) is 0 Å². The van der Waals surface area contributed by atoms with Crippen LogP contribution >= 0.6 is 0 Å². The Morgan fingerprint density at radius 1 is 1.10 bits per heavy atom. The topological polar surface area (TPSA) is 16.1 Å². The number of aromatic nitrogens is 1. The van der Waals surface area contributed by atoms with E-state index in [0.717, 1.165) is 6.54 Å². The van der Waals surface area contributed by atoms with Gasteiger partial charge in [-0.2, -0.15) is 0 Å². The Hall–Kier alpha value is -1.93. The van der Waals surface area contributed by atoms with Gasteiger partial charge >= 0.3 is 0 Å². The Balaban J connectivity index is 1.64. The van der Waals surface area contributed by atoms with Gasteiger partial charge in [-0.25, -0.2) is 0 Å². The summed E-state index contributed by atoms with van der Waals surface area (Å²) in [6.07, 6.45) is 8.84. The van der Waals surface area contributed by atoms with E-state index in [9.17, 15) is 0 Å². The molecule has 20 heavy (non-hydrogen) atoms. The van der Waals surface area contributed by atoms with Gasteiger partial charge in [-0.15, -0.1) is 0 Å². The van der Waals surface area contributed by atoms with Gasteiger partial charge in [0.2, 0.25) is 0 Å². The number of nitrogens with zero attached hydrogens (tertiary/aromatic N) is 2. The van der Waals surface area contributed by atoms with Gasteiger partial charge in [0, 0.05) is 12.7 Å². The van der Waals surface area contributed by atoms with Crippen LogP contribution in [0.3, 0.4) is 0 Å². The molecule has 3 rings (SSSR count). The van der Waals surface area contributed by atoms with Crippen LogP contribution in [0.5, 0.6) is 0 Å². The second kappa shape index (κ2) is 6.49. The lowest BCUT2D eigenvalue weighted by Gasteiger charge is -2.22. The molecule has 1 aliphatic heterocycles. The van der Waals surface area contributed by atoms with Crippen LogP contribution in [-0.4, -0.2) is 23.0 Å². The van der Waals surface area contributed by atoms with Crippen molar-refractivity contribution in [3.05, 3.63) is 72.1 Å². The van der Waals surface area contributed by atoms with Gasteiger partial charge in [0.15, 0.2) is 0 Å². The predicted octanol–water partition coefficient (Wildman–Crippen LogP) is 3.93. The van der Waals surface area contributed by atoms with Crippen LogP contribution in [0, 0.1) is 0 Å². The summed E-state index contributed by atoms with van der Waals surface area (Å²) in [5.41, 5.74) is 2.47. The second-order valence-electron chi connectivity index (χ2n) is 5.22. The normalized spacial score (nSPS) is 19.7. The summed E-state index contributed by atoms with van der Waals surface area (Å²) in [5, 5.41) is 0. The van der Waals surface area contributed by atoms with Gasteiger partial charge in [0.25, 0.3) is 0 Å². The smallest absolute Gasteiger partial charge is 0.0575 e. The first-order valence-electron chi connectivity index (χ1n) is 7.30. The van der Waals surface area contributed by atoms with Crippen molar-refractivity contribution in [3.8, 4) is 0 Å². The monoisotopic (exact) mass is 264 g/mol. The molecule has 1 fully saturated rings. The minimum absolute atomic E-state index is 0.483. The molecular formula is C18H20N2. The fourth-order valence-corrected chi connectivity index (χ4v) is 2.84. The van der Waals surface area contributed by atoms with Gasteiger partial charge in [-0.1, -0.05) is 48.6 Å². The highest BCUT2D eigenvalue weighted by Gasteiger charge is 2.25. The van der Waals surface area contributed by atoms with Crippen LogP contribution in [0.2, 0.25) is 0 Å². The molecule has 102 valence electrons. The average molecular weight is 264 g/mol. The van der Waals surface area contributed by atoms with Gasteiger partial charge in [0.05, 0.1) is 11.7 Å². The summed E-state index contributed by atoms with van der Waals surface area (Å²) in [7, 11) is 0. The van der Waals surface area contributed by atoms with E-state index in [0.29, 0.717) is 6.04 Å². The molecule has 0 spiro atoms. The summed E-state index contributed by atoms with van der Waals surface area (Å²) in [6, 6.07) is 17.2. The van der Waals surface area contributed by atoms with Crippen molar-refractivity contribution in [2.45, 2.75) is 18.9 Å². The van der Waals surface area contributed by atoms with Crippen molar-refractivity contribution in [1.29, 1.82) is 0 Å². The Morgan fingerprint density at radius 3 is 2.75 bits per heavy atom. The third kappa shape index (κ3) is 3.14. The summed E-state index contributed by atoms with van der Waals surface area (Å²) >= 11 is 0. The van der Waals surface area contributed by atoms with Crippen molar-refractivity contribution < 1.29 is 0 Å². The maximum atomic E-state index is 4.51. The minimum atomic E-state index is 0.483. The Kier molecular flexibility index (Phi) is 4.24. The minimum Gasteiger partial charge on any atom is -0.291 e. The molecule has 0 radical (unpaired) electrons. The largest absolute Gasteiger partial charge is 0.291 e. The number of hydrogen-bond donors (Lipinski definition) is 0. The fraction of sp³-hybridized carbons (Fsp3) is 0.278. The van der Waals surface area contributed by atoms with Crippen LogP contribution in [0.15, 0.2) is 60.8 Å². The number of hydrogen-bond acceptors (Lipinski definition) is 2. The lowest BCUT2D eigenvalue weighted by atomic mass is 10.1. The molecule has 0 N–H and O–H groups in total. The zero-order chi connectivity index (χ0) is 13.6. The zero-order valence-corrected chi connectivity index (χ0v) is 11.7. The molecule has 0 amide bonds. The van der Waals surface area contributed by atoms with E-state index in [1.807, 2.05) is 12.3 Å². The number of benzene rings is 1. The quantitative estimate of drug-likeness (QED) is 0.831. The van der Waals surface area contributed by atoms with E-state index in [-0.39, 0.29) is 0 Å². The molecular weight excluding hydrogens is 244 g/mol. The Bertz CT molecular complexity index is 548. The maximum absolute atomic E-state index is 4.51. The highest BCUT2D eigenvalue weighted by atomic mass is 15.2. The molecule has 1 aromatic heterocycles. The van der Waals surface area contributed by atoms with Crippen molar-refractivity contribution in [2.75, 3.05) is 13.1 Å². The van der Waals surface area contributed by atoms with Crippen molar-refractivity contribution in [3.63, 3.8) is 0 Å². The lowest BCUT2D eigenvalue weighted by molar-refractivity contribution is 0.281. The van der Waals surface area contributed by atoms with Crippen molar-refractivity contribution in [1.82, 2.24) is 9.88 Å². The highest BCUT2D eigenvalue weighted by Crippen LogP contribution is 2.30. The fourth-order valence-electron chi connectivity index (χ4n) is 2.84. The molecule has 1 saturated heterocycles. The number of likely N-dealkylation sites (tertiary alicyclic amines) is 1. The number of pyridine rings is 1. The van der Waals surface area contributed by atoms with E-state index >= 15 is 0 Å². The van der Waals surface area contributed by atoms with Crippen LogP contribution in [0.25, 0.3) is 6.08 Å². The Labute approximate surface area is 120 Å². The van der Waals surface area contributed by atoms with Crippen molar-refractivity contribution >= 4 is 6.08 Å². The van der Waals surface area contributed by atoms with E-state index in [1.165, 1.54) is 30.6 Å². The van der Waals surface area contributed by atoms with Gasteiger partial charge in [0.1, 0.15) is 0 Å². The lowest BCUT2D eigenvalue weighted by Crippen LogP contribution is -2.23. The summed E-state index contributed by atoms with van der Waals surface area (Å²) in [6.45, 7) is 2.16. The molecule has 1 atom stereocenters. The standard InChI is InChI=1S/C18H20N2/c1-2-8-16(9-3-1)10-6-14-20-15-7-12-18(20)17-11-4-5-13-19-17/h1-6,8-11,13,18H,7,12,14-15H2. The first kappa shape index (κ1) is 13.1. The molecule has 0 aliphatic carbocycles. The molecule has 2 aromatic rings. The molecule has 2 heteroatoms. The van der Waals surface area contributed by atoms with E-state index < -0.39 is 0 Å². The van der Waals surface area contributed by atoms with Gasteiger partial charge < -0.3 is 0 Å². The van der Waals surface area contributed by atoms with Crippen molar-refractivity contribution in [2.24, 2.45) is 0 Å². The SMILES string of the molecule is C(=Cc1ccccc1)CN1CCCC1c1ccccn1. The first-order valence-corrected chi connectivity index (χ1v) is 7.30. The third-order valence-corrected chi connectivity index (χ3v) is 3.84.